The van der Waals surface area contributed by atoms with Crippen molar-refractivity contribution < 1.29 is 14.5 Å². The molecule has 0 unspecified atom stereocenters. The van der Waals surface area contributed by atoms with Gasteiger partial charge in [-0.2, -0.15) is 0 Å². The average Bonchev–Trinajstić information content (AvgIpc) is 2.62. The Morgan fingerprint density at radius 2 is 1.96 bits per heavy atom. The van der Waals surface area contributed by atoms with Gasteiger partial charge >= 0.3 is 6.03 Å². The maximum absolute atomic E-state index is 12.1. The Hall–Kier alpha value is -3.09. The Morgan fingerprint density at radius 1 is 1.20 bits per heavy atom. The number of nitro groups is 1. The lowest BCUT2D eigenvalue weighted by Gasteiger charge is -2.26. The summed E-state index contributed by atoms with van der Waals surface area (Å²) in [6.45, 7) is 1.03. The lowest BCUT2D eigenvalue weighted by atomic mass is 10.0. The highest BCUT2D eigenvalue weighted by Crippen LogP contribution is 2.31. The van der Waals surface area contributed by atoms with Crippen molar-refractivity contribution in [1.82, 2.24) is 10.6 Å². The van der Waals surface area contributed by atoms with Crippen molar-refractivity contribution in [2.24, 2.45) is 0 Å². The van der Waals surface area contributed by atoms with E-state index in [0.29, 0.717) is 19.6 Å². The number of carbonyl (C=O) groups excluding carboxylic acids is 1. The van der Waals surface area contributed by atoms with E-state index < -0.39 is 4.92 Å². The second-order valence-electron chi connectivity index (χ2n) is 5.80. The summed E-state index contributed by atoms with van der Waals surface area (Å²) in [5.41, 5.74) is 1.98. The minimum absolute atomic E-state index is 0.0626. The fraction of sp³-hybridized carbons (Fsp3) is 0.278. The van der Waals surface area contributed by atoms with E-state index in [1.807, 2.05) is 24.3 Å². The molecule has 7 heteroatoms. The monoisotopic (exact) mass is 341 g/mol. The number of nitrogens with zero attached hydrogens (tertiary/aromatic N) is 1. The molecule has 0 aliphatic carbocycles. The lowest BCUT2D eigenvalue weighted by Crippen LogP contribution is -2.40. The van der Waals surface area contributed by atoms with Crippen LogP contribution in [0.25, 0.3) is 0 Å². The van der Waals surface area contributed by atoms with E-state index in [-0.39, 0.29) is 17.8 Å². The van der Waals surface area contributed by atoms with Crippen LogP contribution in [0.5, 0.6) is 5.75 Å². The van der Waals surface area contributed by atoms with Gasteiger partial charge in [0.15, 0.2) is 0 Å². The molecule has 2 aromatic rings. The van der Waals surface area contributed by atoms with Gasteiger partial charge in [-0.25, -0.2) is 4.79 Å². The zero-order valence-corrected chi connectivity index (χ0v) is 13.6. The smallest absolute Gasteiger partial charge is 0.315 e. The first-order chi connectivity index (χ1) is 12.1. The van der Waals surface area contributed by atoms with Gasteiger partial charge in [0, 0.05) is 30.7 Å². The number of hydrogen-bond donors (Lipinski definition) is 2. The molecule has 2 amide bonds. The molecule has 1 aliphatic heterocycles. The van der Waals surface area contributed by atoms with Crippen LogP contribution in [-0.4, -0.2) is 24.1 Å². The van der Waals surface area contributed by atoms with Crippen molar-refractivity contribution in [2.45, 2.75) is 18.9 Å². The van der Waals surface area contributed by atoms with Crippen LogP contribution in [0.4, 0.5) is 10.5 Å². The summed E-state index contributed by atoms with van der Waals surface area (Å²) in [4.78, 5) is 22.3. The molecule has 7 nitrogen and oxygen atoms in total. The number of ether oxygens (including phenoxy) is 1. The lowest BCUT2D eigenvalue weighted by molar-refractivity contribution is -0.384. The first-order valence-electron chi connectivity index (χ1n) is 8.13. The third-order valence-electron chi connectivity index (χ3n) is 4.11. The van der Waals surface area contributed by atoms with Crippen LogP contribution in [-0.2, 0) is 6.42 Å². The summed E-state index contributed by atoms with van der Waals surface area (Å²) in [6, 6.07) is 13.7. The molecule has 130 valence electrons. The zero-order chi connectivity index (χ0) is 17.6. The number of para-hydroxylation sites is 1. The van der Waals surface area contributed by atoms with Crippen molar-refractivity contribution in [3.05, 3.63) is 69.8 Å². The van der Waals surface area contributed by atoms with Crippen molar-refractivity contribution in [3.8, 4) is 5.75 Å². The molecule has 2 N–H and O–H groups in total. The second-order valence-corrected chi connectivity index (χ2v) is 5.80. The number of benzene rings is 2. The number of carbonyl (C=O) groups is 1. The quantitative estimate of drug-likeness (QED) is 0.646. The van der Waals surface area contributed by atoms with E-state index in [2.05, 4.69) is 10.6 Å². The van der Waals surface area contributed by atoms with Crippen molar-refractivity contribution in [1.29, 1.82) is 0 Å². The molecule has 0 radical (unpaired) electrons. The van der Waals surface area contributed by atoms with Crippen molar-refractivity contribution in [3.63, 3.8) is 0 Å². The summed E-state index contributed by atoms with van der Waals surface area (Å²) < 4.78 is 5.58. The summed E-state index contributed by atoms with van der Waals surface area (Å²) >= 11 is 0. The Balaban J connectivity index is 1.48. The number of nitro benzene ring substituents is 1. The van der Waals surface area contributed by atoms with Gasteiger partial charge in [0.25, 0.3) is 5.69 Å². The van der Waals surface area contributed by atoms with Gasteiger partial charge in [-0.15, -0.1) is 0 Å². The predicted molar refractivity (Wildman–Crippen MR) is 92.6 cm³/mol. The maximum atomic E-state index is 12.1. The van der Waals surface area contributed by atoms with Crippen LogP contribution in [0.2, 0.25) is 0 Å². The van der Waals surface area contributed by atoms with Crippen molar-refractivity contribution >= 4 is 11.7 Å². The Kier molecular flexibility index (Phi) is 5.13. The minimum Gasteiger partial charge on any atom is -0.493 e. The summed E-state index contributed by atoms with van der Waals surface area (Å²) in [5, 5.41) is 16.4. The van der Waals surface area contributed by atoms with Crippen LogP contribution in [0.3, 0.4) is 0 Å². The first kappa shape index (κ1) is 16.8. The van der Waals surface area contributed by atoms with E-state index in [4.69, 9.17) is 4.74 Å². The highest BCUT2D eigenvalue weighted by molar-refractivity contribution is 5.74. The Bertz CT molecular complexity index is 761. The first-order valence-corrected chi connectivity index (χ1v) is 8.13. The molecular formula is C18H19N3O4. The van der Waals surface area contributed by atoms with E-state index in [1.165, 1.54) is 12.1 Å². The summed E-state index contributed by atoms with van der Waals surface area (Å²) in [6.07, 6.45) is 1.34. The van der Waals surface area contributed by atoms with Crippen LogP contribution in [0, 0.1) is 10.1 Å². The molecule has 0 aromatic heterocycles. The molecule has 1 heterocycles. The van der Waals surface area contributed by atoms with E-state index >= 15 is 0 Å². The molecule has 1 aliphatic rings. The highest BCUT2D eigenvalue weighted by atomic mass is 16.6. The molecule has 0 bridgehead atoms. The SMILES string of the molecule is O=C(NCCc1ccc([N+](=O)[O-])cc1)N[C@H]1CCOc2ccccc21. The Labute approximate surface area is 145 Å². The van der Waals surface area contributed by atoms with Gasteiger partial charge in [0.1, 0.15) is 5.75 Å². The number of fused-ring (bicyclic) bond motifs is 1. The molecule has 0 fully saturated rings. The average molecular weight is 341 g/mol. The molecule has 1 atom stereocenters. The van der Waals surface area contributed by atoms with E-state index in [1.54, 1.807) is 12.1 Å². The van der Waals surface area contributed by atoms with Crippen LogP contribution < -0.4 is 15.4 Å². The number of urea groups is 1. The van der Waals surface area contributed by atoms with E-state index in [9.17, 15) is 14.9 Å². The van der Waals surface area contributed by atoms with Gasteiger partial charge in [-0.1, -0.05) is 30.3 Å². The predicted octanol–water partition coefficient (Wildman–Crippen LogP) is 2.96. The third-order valence-corrected chi connectivity index (χ3v) is 4.11. The van der Waals surface area contributed by atoms with Gasteiger partial charge in [0.05, 0.1) is 17.6 Å². The minimum atomic E-state index is -0.429. The number of hydrogen-bond acceptors (Lipinski definition) is 4. The molecule has 0 saturated carbocycles. The van der Waals surface area contributed by atoms with E-state index in [0.717, 1.165) is 23.3 Å². The summed E-state index contributed by atoms with van der Waals surface area (Å²) in [5.74, 6) is 0.810. The number of nitrogens with one attached hydrogen (secondary N) is 2. The number of amides is 2. The van der Waals surface area contributed by atoms with Gasteiger partial charge in [0.2, 0.25) is 0 Å². The number of non-ortho nitro benzene ring substituents is 1. The second kappa shape index (κ2) is 7.65. The van der Waals surface area contributed by atoms with Crippen molar-refractivity contribution in [2.75, 3.05) is 13.2 Å². The van der Waals surface area contributed by atoms with Gasteiger partial charge < -0.3 is 15.4 Å². The van der Waals surface area contributed by atoms with Crippen LogP contribution >= 0.6 is 0 Å². The third kappa shape index (κ3) is 4.26. The molecule has 2 aromatic carbocycles. The number of rotatable bonds is 5. The standard InChI is InChI=1S/C18H19N3O4/c22-18(19-11-9-13-5-7-14(8-6-13)21(23)24)20-16-10-12-25-17-4-2-1-3-15(16)17/h1-8,16H,9-12H2,(H2,19,20,22)/t16-/m0/s1. The summed E-state index contributed by atoms with van der Waals surface area (Å²) in [7, 11) is 0. The van der Waals surface area contributed by atoms with Crippen LogP contribution in [0.15, 0.2) is 48.5 Å². The Morgan fingerprint density at radius 3 is 2.72 bits per heavy atom. The fourth-order valence-corrected chi connectivity index (χ4v) is 2.81. The van der Waals surface area contributed by atoms with Gasteiger partial charge in [-0.05, 0) is 18.1 Å². The normalized spacial score (nSPS) is 15.6. The topological polar surface area (TPSA) is 93.5 Å². The molecule has 0 spiro atoms. The molecular weight excluding hydrogens is 322 g/mol. The van der Waals surface area contributed by atoms with Gasteiger partial charge in [-0.3, -0.25) is 10.1 Å². The highest BCUT2D eigenvalue weighted by Gasteiger charge is 2.22. The zero-order valence-electron chi connectivity index (χ0n) is 13.6. The van der Waals surface area contributed by atoms with Crippen LogP contribution in [0.1, 0.15) is 23.6 Å². The maximum Gasteiger partial charge on any atom is 0.315 e. The fourth-order valence-electron chi connectivity index (χ4n) is 2.81. The molecule has 25 heavy (non-hydrogen) atoms. The largest absolute Gasteiger partial charge is 0.493 e. The molecule has 3 rings (SSSR count). The molecule has 0 saturated heterocycles.